The summed E-state index contributed by atoms with van der Waals surface area (Å²) in [6.07, 6.45) is 4.86. The fraction of sp³-hybridized carbons (Fsp3) is 0.636. The fourth-order valence-corrected chi connectivity index (χ4v) is 5.90. The van der Waals surface area contributed by atoms with E-state index in [2.05, 4.69) is 0 Å². The molecule has 4 aliphatic rings. The molecule has 4 aliphatic carbocycles. The van der Waals surface area contributed by atoms with Crippen LogP contribution >= 0.6 is 0 Å². The Morgan fingerprint density at radius 2 is 1.78 bits per heavy atom. The topological polar surface area (TPSA) is 66.8 Å². The van der Waals surface area contributed by atoms with E-state index in [-0.39, 0.29) is 18.5 Å². The molecule has 1 amide bonds. The quantitative estimate of drug-likeness (QED) is 0.809. The number of aryl methyl sites for hydroxylation is 1. The average Bonchev–Trinajstić information content (AvgIpc) is 2.59. The number of likely N-dealkylation sites (N-methyl/N-ethyl adjacent to an activating group) is 1. The van der Waals surface area contributed by atoms with Gasteiger partial charge in [0.1, 0.15) is 0 Å². The minimum Gasteiger partial charge on any atom is -0.455 e. The van der Waals surface area contributed by atoms with Gasteiger partial charge in [-0.1, -0.05) is 29.8 Å². The number of hydrogen-bond acceptors (Lipinski definition) is 4. The zero-order chi connectivity index (χ0) is 19.2. The third-order valence-electron chi connectivity index (χ3n) is 6.76. The van der Waals surface area contributed by atoms with Gasteiger partial charge in [-0.25, -0.2) is 0 Å². The highest BCUT2D eigenvalue weighted by molar-refractivity contribution is 5.83. The van der Waals surface area contributed by atoms with Crippen molar-refractivity contribution in [1.82, 2.24) is 4.90 Å². The lowest BCUT2D eigenvalue weighted by atomic mass is 9.48. The van der Waals surface area contributed by atoms with Gasteiger partial charge in [-0.15, -0.1) is 0 Å². The zero-order valence-electron chi connectivity index (χ0n) is 16.2. The summed E-state index contributed by atoms with van der Waals surface area (Å²) in [5, 5.41) is 10.8. The first kappa shape index (κ1) is 18.5. The van der Waals surface area contributed by atoms with Crippen LogP contribution in [-0.2, 0) is 20.9 Å². The molecule has 0 saturated heterocycles. The minimum atomic E-state index is -0.699. The summed E-state index contributed by atoms with van der Waals surface area (Å²) < 4.78 is 5.47. The van der Waals surface area contributed by atoms with Crippen molar-refractivity contribution in [1.29, 1.82) is 0 Å². The van der Waals surface area contributed by atoms with Crippen LogP contribution in [0.1, 0.15) is 49.7 Å². The van der Waals surface area contributed by atoms with E-state index in [9.17, 15) is 14.7 Å². The number of esters is 1. The van der Waals surface area contributed by atoms with Crippen LogP contribution in [0.4, 0.5) is 0 Å². The van der Waals surface area contributed by atoms with E-state index < -0.39 is 11.0 Å². The van der Waals surface area contributed by atoms with Gasteiger partial charge in [-0.3, -0.25) is 9.59 Å². The molecule has 2 unspecified atom stereocenters. The first-order chi connectivity index (χ1) is 12.8. The number of benzene rings is 1. The smallest absolute Gasteiger partial charge is 0.312 e. The maximum atomic E-state index is 12.9. The molecular formula is C22H29NO4. The van der Waals surface area contributed by atoms with E-state index in [0.29, 0.717) is 24.8 Å². The van der Waals surface area contributed by atoms with E-state index in [1.807, 2.05) is 31.2 Å². The highest BCUT2D eigenvalue weighted by atomic mass is 16.5. The van der Waals surface area contributed by atoms with Crippen LogP contribution in [0.3, 0.4) is 0 Å². The number of carbonyl (C=O) groups is 2. The molecule has 5 heteroatoms. The van der Waals surface area contributed by atoms with Crippen LogP contribution in [0.5, 0.6) is 0 Å². The van der Waals surface area contributed by atoms with Crippen LogP contribution in [-0.4, -0.2) is 41.1 Å². The predicted molar refractivity (Wildman–Crippen MR) is 101 cm³/mol. The van der Waals surface area contributed by atoms with Crippen LogP contribution in [0.25, 0.3) is 0 Å². The summed E-state index contributed by atoms with van der Waals surface area (Å²) in [6.45, 7) is 2.29. The minimum absolute atomic E-state index is 0.202. The molecule has 0 aromatic heterocycles. The summed E-state index contributed by atoms with van der Waals surface area (Å²) in [7, 11) is 1.73. The third kappa shape index (κ3) is 3.62. The fourth-order valence-electron chi connectivity index (χ4n) is 5.90. The van der Waals surface area contributed by atoms with Crippen molar-refractivity contribution >= 4 is 11.9 Å². The Bertz CT molecular complexity index is 727. The molecule has 27 heavy (non-hydrogen) atoms. The normalized spacial score (nSPS) is 33.7. The molecule has 146 valence electrons. The van der Waals surface area contributed by atoms with E-state index in [0.717, 1.165) is 37.7 Å². The number of hydrogen-bond donors (Lipinski definition) is 1. The SMILES string of the molecule is Cc1ccc(CN(C)C(=O)COC(=O)C23C[C@@H]4C[C@@H](CC(O)(C4)C2)C3)cc1. The van der Waals surface area contributed by atoms with Gasteiger partial charge in [0.25, 0.3) is 5.91 Å². The molecular weight excluding hydrogens is 342 g/mol. The average molecular weight is 371 g/mol. The Kier molecular flexibility index (Phi) is 4.53. The Balaban J connectivity index is 1.33. The second-order valence-corrected chi connectivity index (χ2v) is 9.28. The first-order valence-corrected chi connectivity index (χ1v) is 9.96. The lowest BCUT2D eigenvalue weighted by Gasteiger charge is -2.58. The van der Waals surface area contributed by atoms with Crippen LogP contribution in [0.15, 0.2) is 24.3 Å². The van der Waals surface area contributed by atoms with Crippen molar-refractivity contribution in [3.8, 4) is 0 Å². The molecule has 4 saturated carbocycles. The van der Waals surface area contributed by atoms with Crippen molar-refractivity contribution in [2.24, 2.45) is 17.3 Å². The third-order valence-corrected chi connectivity index (χ3v) is 6.76. The summed E-state index contributed by atoms with van der Waals surface area (Å²) >= 11 is 0. The van der Waals surface area contributed by atoms with Gasteiger partial charge in [0, 0.05) is 13.6 Å². The second-order valence-electron chi connectivity index (χ2n) is 9.28. The molecule has 1 aromatic rings. The van der Waals surface area contributed by atoms with Gasteiger partial charge in [0.2, 0.25) is 0 Å². The highest BCUT2D eigenvalue weighted by Gasteiger charge is 2.60. The molecule has 5 rings (SSSR count). The van der Waals surface area contributed by atoms with Crippen LogP contribution in [0, 0.1) is 24.2 Å². The monoisotopic (exact) mass is 371 g/mol. The lowest BCUT2D eigenvalue weighted by Crippen LogP contribution is -2.58. The lowest BCUT2D eigenvalue weighted by molar-refractivity contribution is -0.196. The Morgan fingerprint density at radius 3 is 2.37 bits per heavy atom. The summed E-state index contributed by atoms with van der Waals surface area (Å²) in [5.74, 6) is 0.354. The van der Waals surface area contributed by atoms with E-state index in [1.165, 1.54) is 5.56 Å². The molecule has 4 bridgehead atoms. The Morgan fingerprint density at radius 1 is 1.15 bits per heavy atom. The maximum absolute atomic E-state index is 12.9. The Hall–Kier alpha value is -1.88. The van der Waals surface area contributed by atoms with Crippen molar-refractivity contribution in [3.05, 3.63) is 35.4 Å². The maximum Gasteiger partial charge on any atom is 0.312 e. The van der Waals surface area contributed by atoms with E-state index in [4.69, 9.17) is 4.74 Å². The number of amides is 1. The van der Waals surface area contributed by atoms with Crippen molar-refractivity contribution < 1.29 is 19.4 Å². The van der Waals surface area contributed by atoms with Gasteiger partial charge in [-0.05, 0) is 62.8 Å². The number of carbonyl (C=O) groups excluding carboxylic acids is 2. The standard InChI is InChI=1S/C22H29NO4/c1-15-3-5-16(6-4-15)12-23(2)19(24)13-27-20(25)21-8-17-7-18(9-21)11-22(26,10-17)14-21/h3-6,17-18,26H,7-14H2,1-2H3/t17-,18+,21?,22?. The molecule has 1 N–H and O–H groups in total. The van der Waals surface area contributed by atoms with Gasteiger partial charge in [0.05, 0.1) is 11.0 Å². The predicted octanol–water partition coefficient (Wildman–Crippen LogP) is 2.83. The molecule has 1 aromatic carbocycles. The van der Waals surface area contributed by atoms with Crippen molar-refractivity contribution in [3.63, 3.8) is 0 Å². The summed E-state index contributed by atoms with van der Waals surface area (Å²) in [5.41, 5.74) is 0.953. The Labute approximate surface area is 160 Å². The van der Waals surface area contributed by atoms with Gasteiger partial charge < -0.3 is 14.7 Å². The molecule has 4 atom stereocenters. The van der Waals surface area contributed by atoms with E-state index >= 15 is 0 Å². The van der Waals surface area contributed by atoms with Crippen molar-refractivity contribution in [2.45, 2.75) is 57.6 Å². The van der Waals surface area contributed by atoms with Crippen LogP contribution in [0.2, 0.25) is 0 Å². The molecule has 5 nitrogen and oxygen atoms in total. The summed E-state index contributed by atoms with van der Waals surface area (Å²) in [6, 6.07) is 8.04. The number of rotatable bonds is 5. The molecule has 0 radical (unpaired) electrons. The molecule has 0 spiro atoms. The first-order valence-electron chi connectivity index (χ1n) is 9.96. The number of ether oxygens (including phenoxy) is 1. The number of aliphatic hydroxyl groups is 1. The summed E-state index contributed by atoms with van der Waals surface area (Å²) in [4.78, 5) is 26.9. The van der Waals surface area contributed by atoms with E-state index in [1.54, 1.807) is 11.9 Å². The zero-order valence-corrected chi connectivity index (χ0v) is 16.2. The highest BCUT2D eigenvalue weighted by Crippen LogP contribution is 2.61. The largest absolute Gasteiger partial charge is 0.455 e. The van der Waals surface area contributed by atoms with Gasteiger partial charge >= 0.3 is 5.97 Å². The number of nitrogens with zero attached hydrogens (tertiary/aromatic N) is 1. The van der Waals surface area contributed by atoms with Gasteiger partial charge in [0.15, 0.2) is 6.61 Å². The van der Waals surface area contributed by atoms with Crippen molar-refractivity contribution in [2.75, 3.05) is 13.7 Å². The van der Waals surface area contributed by atoms with Crippen LogP contribution < -0.4 is 0 Å². The molecule has 0 heterocycles. The second kappa shape index (κ2) is 6.62. The van der Waals surface area contributed by atoms with Gasteiger partial charge in [-0.2, -0.15) is 0 Å². The molecule has 4 fully saturated rings. The molecule has 0 aliphatic heterocycles.